The molecule has 2 rings (SSSR count). The molecule has 8 heteroatoms. The fraction of sp³-hybridized carbons (Fsp3) is 0.286. The third-order valence-electron chi connectivity index (χ3n) is 2.76. The first-order valence-corrected chi connectivity index (χ1v) is 6.45. The van der Waals surface area contributed by atoms with Crippen LogP contribution in [0.15, 0.2) is 34.9 Å². The van der Waals surface area contributed by atoms with Crippen LogP contribution in [0.2, 0.25) is 0 Å². The molecule has 0 radical (unpaired) electrons. The second kappa shape index (κ2) is 6.50. The van der Waals surface area contributed by atoms with Crippen molar-refractivity contribution in [1.82, 2.24) is 10.5 Å². The molecule has 0 aliphatic carbocycles. The summed E-state index contributed by atoms with van der Waals surface area (Å²) < 4.78 is 42.3. The summed E-state index contributed by atoms with van der Waals surface area (Å²) >= 11 is 0. The summed E-state index contributed by atoms with van der Waals surface area (Å²) in [5.74, 6) is 0.604. The van der Waals surface area contributed by atoms with Gasteiger partial charge in [0.1, 0.15) is 11.5 Å². The van der Waals surface area contributed by atoms with Crippen LogP contribution in [0.1, 0.15) is 17.0 Å². The number of halogens is 3. The normalized spacial score (nSPS) is 11.3. The number of carbonyl (C=O) groups is 1. The van der Waals surface area contributed by atoms with Gasteiger partial charge in [0.05, 0.1) is 13.0 Å². The molecule has 2 amide bonds. The van der Waals surface area contributed by atoms with Crippen LogP contribution in [0, 0.1) is 6.92 Å². The average Bonchev–Trinajstić information content (AvgIpc) is 2.83. The second-order valence-corrected chi connectivity index (χ2v) is 4.69. The molecule has 1 heterocycles. The Balaban J connectivity index is 1.96. The van der Waals surface area contributed by atoms with E-state index in [0.29, 0.717) is 11.5 Å². The molecule has 2 N–H and O–H groups in total. The number of benzene rings is 1. The van der Waals surface area contributed by atoms with E-state index >= 15 is 0 Å². The van der Waals surface area contributed by atoms with Crippen molar-refractivity contribution in [3.05, 3.63) is 47.3 Å². The summed E-state index contributed by atoms with van der Waals surface area (Å²) in [4.78, 5) is 11.7. The zero-order chi connectivity index (χ0) is 16.2. The van der Waals surface area contributed by atoms with Crippen molar-refractivity contribution < 1.29 is 22.5 Å². The van der Waals surface area contributed by atoms with Gasteiger partial charge in [0.15, 0.2) is 0 Å². The van der Waals surface area contributed by atoms with Crippen LogP contribution in [-0.4, -0.2) is 17.4 Å². The topological polar surface area (TPSA) is 67.2 Å². The number of hydrogen-bond donors (Lipinski definition) is 2. The molecule has 1 aromatic carbocycles. The smallest absolute Gasteiger partial charge is 0.361 e. The van der Waals surface area contributed by atoms with Gasteiger partial charge >= 0.3 is 12.2 Å². The lowest BCUT2D eigenvalue weighted by Crippen LogP contribution is -2.29. The zero-order valence-electron chi connectivity index (χ0n) is 11.7. The lowest BCUT2D eigenvalue weighted by atomic mass is 10.1. The van der Waals surface area contributed by atoms with Crippen LogP contribution in [0.5, 0.6) is 0 Å². The van der Waals surface area contributed by atoms with E-state index in [0.717, 1.165) is 0 Å². The number of alkyl halides is 3. The summed E-state index contributed by atoms with van der Waals surface area (Å²) in [6.45, 7) is 1.83. The van der Waals surface area contributed by atoms with Gasteiger partial charge in [-0.05, 0) is 18.6 Å². The maximum Gasteiger partial charge on any atom is 0.393 e. The molecule has 1 aromatic heterocycles. The van der Waals surface area contributed by atoms with Gasteiger partial charge in [-0.15, -0.1) is 0 Å². The van der Waals surface area contributed by atoms with Crippen LogP contribution in [0.3, 0.4) is 0 Å². The summed E-state index contributed by atoms with van der Waals surface area (Å²) in [6.07, 6.45) is -5.45. The van der Waals surface area contributed by atoms with Crippen molar-refractivity contribution in [3.8, 4) is 0 Å². The van der Waals surface area contributed by atoms with Crippen LogP contribution < -0.4 is 10.6 Å². The molecular weight excluding hydrogens is 299 g/mol. The molecule has 0 saturated heterocycles. The van der Waals surface area contributed by atoms with Gasteiger partial charge in [-0.2, -0.15) is 13.2 Å². The Bertz CT molecular complexity index is 653. The van der Waals surface area contributed by atoms with E-state index in [2.05, 4.69) is 15.8 Å². The zero-order valence-corrected chi connectivity index (χ0v) is 11.7. The standard InChI is InChI=1S/C14H14F3N3O2/c1-9-6-11(20-22-9)8-18-13(21)19-12-5-3-2-4-10(12)7-14(15,16)17/h2-6H,7-8H2,1H3,(H2,18,19,21). The lowest BCUT2D eigenvalue weighted by Gasteiger charge is -2.13. The molecule has 0 spiro atoms. The van der Waals surface area contributed by atoms with Crippen molar-refractivity contribution in [2.24, 2.45) is 0 Å². The summed E-state index contributed by atoms with van der Waals surface area (Å²) in [6, 6.07) is 6.82. The molecule has 0 bridgehead atoms. The Morgan fingerprint density at radius 1 is 1.32 bits per heavy atom. The number of aromatic nitrogens is 1. The fourth-order valence-electron chi connectivity index (χ4n) is 1.85. The van der Waals surface area contributed by atoms with E-state index in [1.807, 2.05) is 0 Å². The predicted molar refractivity (Wildman–Crippen MR) is 73.3 cm³/mol. The van der Waals surface area contributed by atoms with E-state index in [1.165, 1.54) is 18.2 Å². The molecule has 0 aliphatic heterocycles. The Hall–Kier alpha value is -2.51. The molecule has 22 heavy (non-hydrogen) atoms. The minimum atomic E-state index is -4.34. The van der Waals surface area contributed by atoms with Crippen LogP contribution in [-0.2, 0) is 13.0 Å². The van der Waals surface area contributed by atoms with Crippen molar-refractivity contribution in [2.45, 2.75) is 26.1 Å². The highest BCUT2D eigenvalue weighted by molar-refractivity contribution is 5.90. The van der Waals surface area contributed by atoms with Gasteiger partial charge in [0.25, 0.3) is 0 Å². The Morgan fingerprint density at radius 2 is 2.05 bits per heavy atom. The maximum atomic E-state index is 12.5. The quantitative estimate of drug-likeness (QED) is 0.909. The number of hydrogen-bond acceptors (Lipinski definition) is 3. The Morgan fingerprint density at radius 3 is 2.68 bits per heavy atom. The lowest BCUT2D eigenvalue weighted by molar-refractivity contribution is -0.127. The summed E-state index contributed by atoms with van der Waals surface area (Å²) in [5.41, 5.74) is 0.646. The number of urea groups is 1. The molecule has 118 valence electrons. The van der Waals surface area contributed by atoms with Gasteiger partial charge in [-0.1, -0.05) is 23.4 Å². The SMILES string of the molecule is Cc1cc(CNC(=O)Nc2ccccc2CC(F)(F)F)no1. The molecule has 2 aromatic rings. The first kappa shape index (κ1) is 15.9. The summed E-state index contributed by atoms with van der Waals surface area (Å²) in [7, 11) is 0. The van der Waals surface area contributed by atoms with E-state index in [4.69, 9.17) is 4.52 Å². The first-order valence-electron chi connectivity index (χ1n) is 6.45. The molecule has 0 aliphatic rings. The largest absolute Gasteiger partial charge is 0.393 e. The van der Waals surface area contributed by atoms with Gasteiger partial charge < -0.3 is 15.2 Å². The minimum absolute atomic E-state index is 0.00225. The van der Waals surface area contributed by atoms with Crippen molar-refractivity contribution in [3.63, 3.8) is 0 Å². The van der Waals surface area contributed by atoms with Crippen molar-refractivity contribution in [2.75, 3.05) is 5.32 Å². The molecule has 0 atom stereocenters. The third kappa shape index (κ3) is 4.80. The monoisotopic (exact) mass is 313 g/mol. The fourth-order valence-corrected chi connectivity index (χ4v) is 1.85. The van der Waals surface area contributed by atoms with Crippen LogP contribution in [0.4, 0.5) is 23.7 Å². The molecule has 0 unspecified atom stereocenters. The van der Waals surface area contributed by atoms with E-state index < -0.39 is 18.6 Å². The Labute approximate surface area is 124 Å². The number of anilines is 1. The minimum Gasteiger partial charge on any atom is -0.361 e. The third-order valence-corrected chi connectivity index (χ3v) is 2.76. The van der Waals surface area contributed by atoms with Crippen LogP contribution >= 0.6 is 0 Å². The number of nitrogens with one attached hydrogen (secondary N) is 2. The maximum absolute atomic E-state index is 12.5. The number of rotatable bonds is 4. The Kier molecular flexibility index (Phi) is 4.69. The van der Waals surface area contributed by atoms with Gasteiger partial charge in [-0.3, -0.25) is 0 Å². The predicted octanol–water partition coefficient (Wildman–Crippen LogP) is 3.41. The summed E-state index contributed by atoms with van der Waals surface area (Å²) in [5, 5.41) is 8.59. The highest BCUT2D eigenvalue weighted by Gasteiger charge is 2.28. The highest BCUT2D eigenvalue weighted by atomic mass is 19.4. The average molecular weight is 313 g/mol. The van der Waals surface area contributed by atoms with Gasteiger partial charge in [-0.25, -0.2) is 4.79 Å². The van der Waals surface area contributed by atoms with Gasteiger partial charge in [0, 0.05) is 11.8 Å². The van der Waals surface area contributed by atoms with Crippen molar-refractivity contribution >= 4 is 11.7 Å². The van der Waals surface area contributed by atoms with E-state index in [1.54, 1.807) is 19.1 Å². The van der Waals surface area contributed by atoms with Crippen LogP contribution in [0.25, 0.3) is 0 Å². The van der Waals surface area contributed by atoms with Gasteiger partial charge in [0.2, 0.25) is 0 Å². The number of amides is 2. The molecule has 0 fully saturated rings. The van der Waals surface area contributed by atoms with E-state index in [9.17, 15) is 18.0 Å². The number of para-hydroxylation sites is 1. The second-order valence-electron chi connectivity index (χ2n) is 4.69. The molecule has 5 nitrogen and oxygen atoms in total. The first-order chi connectivity index (χ1) is 10.3. The number of nitrogens with zero attached hydrogens (tertiary/aromatic N) is 1. The van der Waals surface area contributed by atoms with E-state index in [-0.39, 0.29) is 17.8 Å². The number of aryl methyl sites for hydroxylation is 1. The number of carbonyl (C=O) groups excluding carboxylic acids is 1. The highest BCUT2D eigenvalue weighted by Crippen LogP contribution is 2.25. The molecule has 0 saturated carbocycles. The molecular formula is C14H14F3N3O2. The van der Waals surface area contributed by atoms with Crippen molar-refractivity contribution in [1.29, 1.82) is 0 Å².